The van der Waals surface area contributed by atoms with Crippen molar-refractivity contribution in [3.8, 4) is 0 Å². The second kappa shape index (κ2) is 4.70. The van der Waals surface area contributed by atoms with E-state index in [1.807, 2.05) is 12.1 Å². The van der Waals surface area contributed by atoms with Gasteiger partial charge in [-0.1, -0.05) is 34.4 Å². The minimum absolute atomic E-state index is 0.244. The minimum atomic E-state index is -0.371. The van der Waals surface area contributed by atoms with Gasteiger partial charge >= 0.3 is 0 Å². The Kier molecular flexibility index (Phi) is 3.03. The average Bonchev–Trinajstić information content (AvgIpc) is 3.04. The first-order chi connectivity index (χ1) is 10.1. The van der Waals surface area contributed by atoms with Crippen LogP contribution in [0.15, 0.2) is 22.7 Å². The van der Waals surface area contributed by atoms with Crippen LogP contribution in [0.25, 0.3) is 0 Å². The quantitative estimate of drug-likeness (QED) is 0.927. The van der Waals surface area contributed by atoms with E-state index in [-0.39, 0.29) is 11.5 Å². The summed E-state index contributed by atoms with van der Waals surface area (Å²) < 4.78 is 5.42. The summed E-state index contributed by atoms with van der Waals surface area (Å²) in [5.74, 6) is 1.90. The fraction of sp³-hybridized carbons (Fsp3) is 0.467. The predicted octanol–water partition coefficient (Wildman–Crippen LogP) is 3.99. The molecule has 2 fully saturated rings. The number of rotatable bonds is 3. The van der Waals surface area contributed by atoms with Gasteiger partial charge in [0.25, 0.3) is 0 Å². The van der Waals surface area contributed by atoms with E-state index in [2.05, 4.69) is 10.1 Å². The third-order valence-electron chi connectivity index (χ3n) is 4.60. The standard InChI is InChI=1S/C15H15Cl2N3O/c16-8-2-3-9(12(17)6-8)10-7-11(10)13-19-14(20-21-13)15(18)4-1-5-15/h2-3,6,10-11H,1,4-5,7,18H2. The van der Waals surface area contributed by atoms with Gasteiger partial charge in [-0.05, 0) is 49.3 Å². The van der Waals surface area contributed by atoms with Crippen LogP contribution in [-0.2, 0) is 5.54 Å². The number of hydrogen-bond donors (Lipinski definition) is 1. The van der Waals surface area contributed by atoms with Crippen molar-refractivity contribution in [2.24, 2.45) is 5.73 Å². The third-order valence-corrected chi connectivity index (χ3v) is 5.16. The summed E-state index contributed by atoms with van der Waals surface area (Å²) in [6.07, 6.45) is 3.97. The molecule has 2 aliphatic carbocycles. The van der Waals surface area contributed by atoms with E-state index in [0.717, 1.165) is 31.2 Å². The van der Waals surface area contributed by atoms with E-state index in [1.54, 1.807) is 6.07 Å². The normalized spacial score (nSPS) is 26.4. The fourth-order valence-electron chi connectivity index (χ4n) is 2.98. The zero-order valence-electron chi connectivity index (χ0n) is 11.4. The van der Waals surface area contributed by atoms with E-state index in [4.69, 9.17) is 33.5 Å². The monoisotopic (exact) mass is 323 g/mol. The van der Waals surface area contributed by atoms with Crippen molar-refractivity contribution in [2.45, 2.75) is 43.1 Å². The van der Waals surface area contributed by atoms with Gasteiger partial charge in [0.2, 0.25) is 5.89 Å². The van der Waals surface area contributed by atoms with Crippen molar-refractivity contribution in [3.05, 3.63) is 45.5 Å². The zero-order valence-corrected chi connectivity index (χ0v) is 12.9. The van der Waals surface area contributed by atoms with Gasteiger partial charge in [0.05, 0.1) is 5.54 Å². The molecule has 0 radical (unpaired) electrons. The van der Waals surface area contributed by atoms with Crippen LogP contribution in [0.3, 0.4) is 0 Å². The van der Waals surface area contributed by atoms with E-state index in [1.165, 1.54) is 0 Å². The van der Waals surface area contributed by atoms with Crippen LogP contribution in [0.4, 0.5) is 0 Å². The Labute approximate surface area is 132 Å². The maximum Gasteiger partial charge on any atom is 0.230 e. The molecule has 6 heteroatoms. The van der Waals surface area contributed by atoms with Gasteiger partial charge < -0.3 is 10.3 Å². The van der Waals surface area contributed by atoms with Gasteiger partial charge in [-0.25, -0.2) is 0 Å². The highest BCUT2D eigenvalue weighted by molar-refractivity contribution is 6.35. The molecule has 1 heterocycles. The van der Waals surface area contributed by atoms with Crippen LogP contribution in [0, 0.1) is 0 Å². The lowest BCUT2D eigenvalue weighted by molar-refractivity contribution is 0.229. The molecule has 0 aliphatic heterocycles. The minimum Gasteiger partial charge on any atom is -0.339 e. The van der Waals surface area contributed by atoms with Crippen molar-refractivity contribution in [1.82, 2.24) is 10.1 Å². The second-order valence-electron chi connectivity index (χ2n) is 6.08. The Morgan fingerprint density at radius 2 is 2.05 bits per heavy atom. The number of halogens is 2. The Morgan fingerprint density at radius 3 is 2.71 bits per heavy atom. The number of hydrogen-bond acceptors (Lipinski definition) is 4. The third kappa shape index (κ3) is 2.26. The van der Waals surface area contributed by atoms with Gasteiger partial charge in [0, 0.05) is 16.0 Å². The Morgan fingerprint density at radius 1 is 1.24 bits per heavy atom. The molecule has 1 aromatic carbocycles. The summed E-state index contributed by atoms with van der Waals surface area (Å²) >= 11 is 12.2. The zero-order chi connectivity index (χ0) is 14.6. The SMILES string of the molecule is NC1(c2noc(C3CC3c3ccc(Cl)cc3Cl)n2)CCC1. The molecule has 2 N–H and O–H groups in total. The molecule has 0 amide bonds. The first-order valence-corrected chi connectivity index (χ1v) is 7.90. The molecule has 2 aromatic rings. The van der Waals surface area contributed by atoms with Gasteiger partial charge in [0.15, 0.2) is 5.82 Å². The van der Waals surface area contributed by atoms with Crippen molar-refractivity contribution >= 4 is 23.2 Å². The summed E-state index contributed by atoms with van der Waals surface area (Å²) in [6, 6.07) is 5.61. The molecule has 4 nitrogen and oxygen atoms in total. The molecular weight excluding hydrogens is 309 g/mol. The molecule has 21 heavy (non-hydrogen) atoms. The van der Waals surface area contributed by atoms with Crippen molar-refractivity contribution in [2.75, 3.05) is 0 Å². The van der Waals surface area contributed by atoms with E-state index < -0.39 is 0 Å². The summed E-state index contributed by atoms with van der Waals surface area (Å²) in [4.78, 5) is 4.52. The van der Waals surface area contributed by atoms with Crippen LogP contribution in [-0.4, -0.2) is 10.1 Å². The predicted molar refractivity (Wildman–Crippen MR) is 80.6 cm³/mol. The number of nitrogens with zero attached hydrogens (tertiary/aromatic N) is 2. The number of aromatic nitrogens is 2. The molecular formula is C15H15Cl2N3O. The van der Waals surface area contributed by atoms with Crippen LogP contribution in [0.1, 0.15) is 54.8 Å². The maximum atomic E-state index is 6.26. The lowest BCUT2D eigenvalue weighted by Gasteiger charge is -2.34. The first-order valence-electron chi connectivity index (χ1n) is 7.15. The molecule has 110 valence electrons. The van der Waals surface area contributed by atoms with Crippen LogP contribution in [0.2, 0.25) is 10.0 Å². The summed E-state index contributed by atoms with van der Waals surface area (Å²) in [5.41, 5.74) is 6.95. The van der Waals surface area contributed by atoms with Gasteiger partial charge in [0.1, 0.15) is 0 Å². The smallest absolute Gasteiger partial charge is 0.230 e. The molecule has 2 atom stereocenters. The second-order valence-corrected chi connectivity index (χ2v) is 6.92. The van der Waals surface area contributed by atoms with Crippen LogP contribution < -0.4 is 5.73 Å². The van der Waals surface area contributed by atoms with Crippen molar-refractivity contribution in [1.29, 1.82) is 0 Å². The molecule has 4 rings (SSSR count). The van der Waals surface area contributed by atoms with Crippen LogP contribution >= 0.6 is 23.2 Å². The summed E-state index contributed by atoms with van der Waals surface area (Å²) in [7, 11) is 0. The molecule has 0 saturated heterocycles. The van der Waals surface area contributed by atoms with E-state index in [0.29, 0.717) is 27.7 Å². The molecule has 2 unspecified atom stereocenters. The summed E-state index contributed by atoms with van der Waals surface area (Å²) in [6.45, 7) is 0. The highest BCUT2D eigenvalue weighted by Gasteiger charge is 2.46. The first kappa shape index (κ1) is 13.6. The Hall–Kier alpha value is -1.10. The average molecular weight is 324 g/mol. The van der Waals surface area contributed by atoms with Crippen molar-refractivity contribution < 1.29 is 4.52 Å². The summed E-state index contributed by atoms with van der Waals surface area (Å²) in [5, 5.41) is 5.42. The molecule has 2 saturated carbocycles. The number of benzene rings is 1. The fourth-order valence-corrected chi connectivity index (χ4v) is 3.53. The highest BCUT2D eigenvalue weighted by atomic mass is 35.5. The largest absolute Gasteiger partial charge is 0.339 e. The van der Waals surface area contributed by atoms with E-state index in [9.17, 15) is 0 Å². The molecule has 0 bridgehead atoms. The number of nitrogens with two attached hydrogens (primary N) is 1. The lowest BCUT2D eigenvalue weighted by Crippen LogP contribution is -2.44. The lowest BCUT2D eigenvalue weighted by atomic mass is 9.77. The Bertz CT molecular complexity index is 696. The molecule has 0 spiro atoms. The molecule has 2 aliphatic rings. The van der Waals surface area contributed by atoms with E-state index >= 15 is 0 Å². The van der Waals surface area contributed by atoms with Crippen molar-refractivity contribution in [3.63, 3.8) is 0 Å². The van der Waals surface area contributed by atoms with Gasteiger partial charge in [-0.3, -0.25) is 0 Å². The topological polar surface area (TPSA) is 64.9 Å². The Balaban J connectivity index is 1.54. The highest BCUT2D eigenvalue weighted by Crippen LogP contribution is 2.56. The van der Waals surface area contributed by atoms with Crippen LogP contribution in [0.5, 0.6) is 0 Å². The molecule has 1 aromatic heterocycles. The maximum absolute atomic E-state index is 6.26. The van der Waals surface area contributed by atoms with Gasteiger partial charge in [-0.2, -0.15) is 4.98 Å². The van der Waals surface area contributed by atoms with Gasteiger partial charge in [-0.15, -0.1) is 0 Å².